The van der Waals surface area contributed by atoms with Crippen LogP contribution in [0.2, 0.25) is 0 Å². The number of nitrogens with one attached hydrogen (secondary N) is 2. The molecule has 0 aromatic carbocycles. The van der Waals surface area contributed by atoms with E-state index < -0.39 is 0 Å². The van der Waals surface area contributed by atoms with Crippen LogP contribution in [0.5, 0.6) is 0 Å². The quantitative estimate of drug-likeness (QED) is 0.612. The number of nitrogens with zero attached hydrogens (tertiary/aromatic N) is 1. The van der Waals surface area contributed by atoms with Crippen LogP contribution in [0.15, 0.2) is 18.5 Å². The average Bonchev–Trinajstić information content (AvgIpc) is 2.62. The minimum absolute atomic E-state index is 1.05. The van der Waals surface area contributed by atoms with Gasteiger partial charge >= 0.3 is 0 Å². The van der Waals surface area contributed by atoms with E-state index >= 15 is 0 Å². The maximum atomic E-state index is 4.10. The molecule has 1 aliphatic heterocycles. The van der Waals surface area contributed by atoms with Crippen LogP contribution in [0, 0.1) is 0 Å². The van der Waals surface area contributed by atoms with E-state index in [1.165, 1.54) is 22.3 Å². The molecule has 2 aromatic rings. The van der Waals surface area contributed by atoms with Crippen LogP contribution < -0.4 is 5.32 Å². The molecule has 0 radical (unpaired) electrons. The molecule has 2 aromatic heterocycles. The minimum atomic E-state index is 1.05. The average molecular weight is 159 g/mol. The number of anilines is 1. The van der Waals surface area contributed by atoms with Crippen molar-refractivity contribution in [3.05, 3.63) is 24.2 Å². The molecule has 2 N–H and O–H groups in total. The zero-order valence-corrected chi connectivity index (χ0v) is 6.59. The second-order valence-corrected chi connectivity index (χ2v) is 3.08. The Balaban J connectivity index is 2.44. The number of hydrogen-bond donors (Lipinski definition) is 2. The summed E-state index contributed by atoms with van der Waals surface area (Å²) in [6.45, 7) is 1.05. The van der Waals surface area contributed by atoms with E-state index in [-0.39, 0.29) is 0 Å². The van der Waals surface area contributed by atoms with Crippen molar-refractivity contribution in [2.45, 2.75) is 6.42 Å². The fourth-order valence-corrected chi connectivity index (χ4v) is 1.79. The van der Waals surface area contributed by atoms with Gasteiger partial charge in [0.15, 0.2) is 0 Å². The number of aromatic nitrogens is 2. The fourth-order valence-electron chi connectivity index (χ4n) is 1.79. The molecule has 0 amide bonds. The topological polar surface area (TPSA) is 40.7 Å². The lowest BCUT2D eigenvalue weighted by Crippen LogP contribution is -1.92. The zero-order valence-electron chi connectivity index (χ0n) is 6.59. The van der Waals surface area contributed by atoms with Crippen LogP contribution >= 0.6 is 0 Å². The van der Waals surface area contributed by atoms with E-state index in [1.54, 1.807) is 0 Å². The van der Waals surface area contributed by atoms with Crippen molar-refractivity contribution in [3.8, 4) is 0 Å². The summed E-state index contributed by atoms with van der Waals surface area (Å²) in [6.07, 6.45) is 4.82. The van der Waals surface area contributed by atoms with E-state index in [0.29, 0.717) is 0 Å². The first-order valence-electron chi connectivity index (χ1n) is 4.13. The van der Waals surface area contributed by atoms with Crippen molar-refractivity contribution in [2.75, 3.05) is 11.9 Å². The largest absolute Gasteiger partial charge is 0.383 e. The number of pyridine rings is 1. The van der Waals surface area contributed by atoms with Crippen LogP contribution in [0.1, 0.15) is 5.69 Å². The summed E-state index contributed by atoms with van der Waals surface area (Å²) in [5, 5.41) is 4.56. The molecule has 0 spiro atoms. The third-order valence-corrected chi connectivity index (χ3v) is 2.35. The smallest absolute Gasteiger partial charge is 0.0647 e. The maximum absolute atomic E-state index is 4.10. The summed E-state index contributed by atoms with van der Waals surface area (Å²) in [4.78, 5) is 7.48. The maximum Gasteiger partial charge on any atom is 0.0647 e. The Morgan fingerprint density at radius 3 is 3.42 bits per heavy atom. The summed E-state index contributed by atoms with van der Waals surface area (Å²) in [6, 6.07) is 2.01. The molecule has 1 aliphatic rings. The second-order valence-electron chi connectivity index (χ2n) is 3.08. The highest BCUT2D eigenvalue weighted by atomic mass is 15.0. The number of fused-ring (bicyclic) bond motifs is 3. The Hall–Kier alpha value is -1.51. The van der Waals surface area contributed by atoms with Gasteiger partial charge in [0, 0.05) is 36.4 Å². The van der Waals surface area contributed by atoms with Crippen molar-refractivity contribution < 1.29 is 0 Å². The predicted molar refractivity (Wildman–Crippen MR) is 48.3 cm³/mol. The third-order valence-electron chi connectivity index (χ3n) is 2.35. The first kappa shape index (κ1) is 6.06. The summed E-state index contributed by atoms with van der Waals surface area (Å²) in [7, 11) is 0. The van der Waals surface area contributed by atoms with Gasteiger partial charge in [-0.1, -0.05) is 0 Å². The second kappa shape index (κ2) is 2.00. The molecule has 3 heterocycles. The highest BCUT2D eigenvalue weighted by Gasteiger charge is 2.15. The Morgan fingerprint density at radius 1 is 1.42 bits per heavy atom. The lowest BCUT2D eigenvalue weighted by molar-refractivity contribution is 1.06. The molecule has 0 saturated carbocycles. The van der Waals surface area contributed by atoms with E-state index in [4.69, 9.17) is 0 Å². The van der Waals surface area contributed by atoms with Gasteiger partial charge in [0.2, 0.25) is 0 Å². The van der Waals surface area contributed by atoms with E-state index in [0.717, 1.165) is 13.0 Å². The SMILES string of the molecule is c1cc2[nH]c3c(c2cn1)NCC3. The van der Waals surface area contributed by atoms with Crippen LogP contribution in [0.4, 0.5) is 5.69 Å². The molecule has 60 valence electrons. The molecule has 0 unspecified atom stereocenters. The summed E-state index contributed by atoms with van der Waals surface area (Å²) >= 11 is 0. The highest BCUT2D eigenvalue weighted by Crippen LogP contribution is 2.30. The van der Waals surface area contributed by atoms with Gasteiger partial charge in [0.05, 0.1) is 11.2 Å². The molecular weight excluding hydrogens is 150 g/mol. The molecule has 0 atom stereocenters. The molecule has 0 aliphatic carbocycles. The Morgan fingerprint density at radius 2 is 2.42 bits per heavy atom. The molecule has 3 rings (SSSR count). The molecule has 0 fully saturated rings. The summed E-state index contributed by atoms with van der Waals surface area (Å²) in [5.74, 6) is 0. The molecular formula is C9H9N3. The first-order chi connectivity index (χ1) is 5.95. The predicted octanol–water partition coefficient (Wildman–Crippen LogP) is 1.53. The van der Waals surface area contributed by atoms with E-state index in [9.17, 15) is 0 Å². The summed E-state index contributed by atoms with van der Waals surface area (Å²) < 4.78 is 0. The molecule has 3 heteroatoms. The van der Waals surface area contributed by atoms with E-state index in [2.05, 4.69) is 15.3 Å². The standard InChI is InChI=1S/C9H9N3/c1-3-10-5-6-7(1)12-8-2-4-11-9(6)8/h1,3,5,11-12H,2,4H2. The molecule has 12 heavy (non-hydrogen) atoms. The fraction of sp³-hybridized carbons (Fsp3) is 0.222. The van der Waals surface area contributed by atoms with Gasteiger partial charge in [-0.25, -0.2) is 0 Å². The first-order valence-corrected chi connectivity index (χ1v) is 4.13. The number of H-pyrrole nitrogens is 1. The van der Waals surface area contributed by atoms with Crippen molar-refractivity contribution >= 4 is 16.6 Å². The molecule has 0 saturated heterocycles. The van der Waals surface area contributed by atoms with Gasteiger partial charge in [-0.2, -0.15) is 0 Å². The lowest BCUT2D eigenvalue weighted by atomic mass is 10.3. The van der Waals surface area contributed by atoms with E-state index in [1.807, 2.05) is 18.5 Å². The molecule has 0 bridgehead atoms. The number of rotatable bonds is 0. The Bertz CT molecular complexity index is 430. The van der Waals surface area contributed by atoms with Gasteiger partial charge in [-0.3, -0.25) is 4.98 Å². The summed E-state index contributed by atoms with van der Waals surface area (Å²) in [5.41, 5.74) is 3.75. The van der Waals surface area contributed by atoms with Crippen molar-refractivity contribution in [1.82, 2.24) is 9.97 Å². The number of hydrogen-bond acceptors (Lipinski definition) is 2. The van der Waals surface area contributed by atoms with Gasteiger partial charge in [-0.15, -0.1) is 0 Å². The van der Waals surface area contributed by atoms with Crippen LogP contribution in [0.3, 0.4) is 0 Å². The van der Waals surface area contributed by atoms with Gasteiger partial charge in [0.1, 0.15) is 0 Å². The third kappa shape index (κ3) is 0.630. The van der Waals surface area contributed by atoms with Gasteiger partial charge in [-0.05, 0) is 6.07 Å². The molecule has 3 nitrogen and oxygen atoms in total. The number of aromatic amines is 1. The van der Waals surface area contributed by atoms with Crippen LogP contribution in [-0.4, -0.2) is 16.5 Å². The zero-order chi connectivity index (χ0) is 7.97. The van der Waals surface area contributed by atoms with Crippen molar-refractivity contribution in [1.29, 1.82) is 0 Å². The van der Waals surface area contributed by atoms with Crippen molar-refractivity contribution in [2.24, 2.45) is 0 Å². The Labute approximate surface area is 69.8 Å². The normalized spacial score (nSPS) is 14.7. The Kier molecular flexibility index (Phi) is 1.01. The van der Waals surface area contributed by atoms with Gasteiger partial charge in [0.25, 0.3) is 0 Å². The minimum Gasteiger partial charge on any atom is -0.383 e. The van der Waals surface area contributed by atoms with Crippen molar-refractivity contribution in [3.63, 3.8) is 0 Å². The monoisotopic (exact) mass is 159 g/mol. The van der Waals surface area contributed by atoms with Gasteiger partial charge < -0.3 is 10.3 Å². The van der Waals surface area contributed by atoms with Crippen LogP contribution in [-0.2, 0) is 6.42 Å². The highest BCUT2D eigenvalue weighted by molar-refractivity contribution is 5.94. The van der Waals surface area contributed by atoms with Crippen LogP contribution in [0.25, 0.3) is 10.9 Å². The lowest BCUT2D eigenvalue weighted by Gasteiger charge is -1.93.